The van der Waals surface area contributed by atoms with Gasteiger partial charge in [-0.1, -0.05) is 71.4 Å². The summed E-state index contributed by atoms with van der Waals surface area (Å²) in [5.41, 5.74) is 1.49. The van der Waals surface area contributed by atoms with E-state index in [1.165, 1.54) is 24.8 Å². The molecule has 1 aromatic carbocycles. The van der Waals surface area contributed by atoms with E-state index < -0.39 is 0 Å². The van der Waals surface area contributed by atoms with Gasteiger partial charge in [0.2, 0.25) is 0 Å². The van der Waals surface area contributed by atoms with Crippen molar-refractivity contribution >= 4 is 0 Å². The van der Waals surface area contributed by atoms with E-state index in [0.29, 0.717) is 0 Å². The van der Waals surface area contributed by atoms with E-state index in [9.17, 15) is 0 Å². The van der Waals surface area contributed by atoms with Crippen LogP contribution in [-0.2, 0) is 6.42 Å². The van der Waals surface area contributed by atoms with Crippen molar-refractivity contribution in [3.05, 3.63) is 35.9 Å². The second-order valence-electron chi connectivity index (χ2n) is 4.48. The van der Waals surface area contributed by atoms with Crippen LogP contribution < -0.4 is 0 Å². The van der Waals surface area contributed by atoms with E-state index >= 15 is 0 Å². The van der Waals surface area contributed by atoms with Crippen LogP contribution in [0, 0.1) is 11.8 Å². The molecule has 0 nitrogen and oxygen atoms in total. The zero-order valence-electron chi connectivity index (χ0n) is 9.66. The van der Waals surface area contributed by atoms with E-state index in [-0.39, 0.29) is 7.43 Å². The van der Waals surface area contributed by atoms with Gasteiger partial charge in [-0.05, 0) is 23.8 Å². The summed E-state index contributed by atoms with van der Waals surface area (Å²) in [7, 11) is 0. The third kappa shape index (κ3) is 5.01. The highest BCUT2D eigenvalue weighted by Crippen LogP contribution is 2.21. The van der Waals surface area contributed by atoms with Crippen LogP contribution in [0.5, 0.6) is 0 Å². The molecule has 0 bridgehead atoms. The molecular weight excluding hydrogens is 180 g/mol. The first-order chi connectivity index (χ1) is 6.74. The summed E-state index contributed by atoms with van der Waals surface area (Å²) in [6, 6.07) is 10.8. The van der Waals surface area contributed by atoms with Crippen molar-refractivity contribution in [1.82, 2.24) is 0 Å². The summed E-state index contributed by atoms with van der Waals surface area (Å²) in [5.74, 6) is 1.65. The molecule has 15 heavy (non-hydrogen) atoms. The third-order valence-corrected chi connectivity index (χ3v) is 2.94. The Kier molecular flexibility index (Phi) is 7.11. The van der Waals surface area contributed by atoms with Gasteiger partial charge in [-0.25, -0.2) is 0 Å². The first-order valence-electron chi connectivity index (χ1n) is 5.78. The minimum atomic E-state index is 0. The Hall–Kier alpha value is -0.780. The summed E-state index contributed by atoms with van der Waals surface area (Å²) >= 11 is 0. The number of hydrogen-bond acceptors (Lipinski definition) is 0. The van der Waals surface area contributed by atoms with Crippen molar-refractivity contribution in [3.63, 3.8) is 0 Å². The fourth-order valence-corrected chi connectivity index (χ4v) is 1.96. The molecule has 0 saturated heterocycles. The highest BCUT2D eigenvalue weighted by atomic mass is 14.2. The molecule has 0 spiro atoms. The Morgan fingerprint density at radius 1 is 1.07 bits per heavy atom. The van der Waals surface area contributed by atoms with E-state index in [1.807, 2.05) is 0 Å². The van der Waals surface area contributed by atoms with Crippen LogP contribution in [0.4, 0.5) is 0 Å². The topological polar surface area (TPSA) is 0 Å². The van der Waals surface area contributed by atoms with Crippen molar-refractivity contribution in [2.75, 3.05) is 0 Å². The van der Waals surface area contributed by atoms with E-state index in [1.54, 1.807) is 0 Å². The maximum Gasteiger partial charge on any atom is -0.0248 e. The molecule has 0 heteroatoms. The SMILES string of the molecule is C.CCC[C@@H](Cc1ccccc1)C(C)C. The summed E-state index contributed by atoms with van der Waals surface area (Å²) < 4.78 is 0. The molecule has 0 unspecified atom stereocenters. The van der Waals surface area contributed by atoms with Gasteiger partial charge in [-0.15, -0.1) is 0 Å². The van der Waals surface area contributed by atoms with E-state index in [2.05, 4.69) is 51.1 Å². The van der Waals surface area contributed by atoms with Gasteiger partial charge in [0.15, 0.2) is 0 Å². The van der Waals surface area contributed by atoms with Gasteiger partial charge in [-0.2, -0.15) is 0 Å². The number of hydrogen-bond donors (Lipinski definition) is 0. The first kappa shape index (κ1) is 14.2. The van der Waals surface area contributed by atoms with Crippen LogP contribution >= 0.6 is 0 Å². The molecule has 0 fully saturated rings. The molecule has 0 radical (unpaired) electrons. The minimum absolute atomic E-state index is 0. The lowest BCUT2D eigenvalue weighted by Crippen LogP contribution is -2.11. The van der Waals surface area contributed by atoms with Gasteiger partial charge >= 0.3 is 0 Å². The zero-order chi connectivity index (χ0) is 10.4. The zero-order valence-corrected chi connectivity index (χ0v) is 9.66. The second-order valence-corrected chi connectivity index (χ2v) is 4.48. The Bertz CT molecular complexity index is 235. The largest absolute Gasteiger partial charge is 0.0776 e. The lowest BCUT2D eigenvalue weighted by atomic mass is 9.86. The monoisotopic (exact) mass is 206 g/mol. The third-order valence-electron chi connectivity index (χ3n) is 2.94. The summed E-state index contributed by atoms with van der Waals surface area (Å²) in [6.45, 7) is 6.95. The predicted molar refractivity (Wildman–Crippen MR) is 70.1 cm³/mol. The van der Waals surface area contributed by atoms with Gasteiger partial charge in [0.05, 0.1) is 0 Å². The molecule has 1 atom stereocenters. The molecule has 0 aliphatic carbocycles. The minimum Gasteiger partial charge on any atom is -0.0776 e. The van der Waals surface area contributed by atoms with Gasteiger partial charge in [-0.3, -0.25) is 0 Å². The van der Waals surface area contributed by atoms with Gasteiger partial charge in [0, 0.05) is 0 Å². The van der Waals surface area contributed by atoms with Crippen LogP contribution in [0.15, 0.2) is 30.3 Å². The van der Waals surface area contributed by atoms with Crippen molar-refractivity contribution in [3.8, 4) is 0 Å². The second kappa shape index (κ2) is 7.50. The molecule has 1 rings (SSSR count). The van der Waals surface area contributed by atoms with E-state index in [4.69, 9.17) is 0 Å². The molecule has 0 heterocycles. The van der Waals surface area contributed by atoms with Crippen molar-refractivity contribution < 1.29 is 0 Å². The Morgan fingerprint density at radius 2 is 1.67 bits per heavy atom. The standard InChI is InChI=1S/C14H22.CH4/c1-4-8-14(12(2)3)11-13-9-6-5-7-10-13;/h5-7,9-10,12,14H,4,8,11H2,1-3H3;1H4/t14-;/m0./s1. The summed E-state index contributed by atoms with van der Waals surface area (Å²) in [4.78, 5) is 0. The fourth-order valence-electron chi connectivity index (χ4n) is 1.96. The van der Waals surface area contributed by atoms with Crippen molar-refractivity contribution in [2.24, 2.45) is 11.8 Å². The summed E-state index contributed by atoms with van der Waals surface area (Å²) in [6.07, 6.45) is 3.90. The molecule has 0 aliphatic rings. The first-order valence-corrected chi connectivity index (χ1v) is 5.78. The maximum absolute atomic E-state index is 2.34. The number of benzene rings is 1. The molecule has 0 N–H and O–H groups in total. The smallest absolute Gasteiger partial charge is 0.0248 e. The summed E-state index contributed by atoms with van der Waals surface area (Å²) in [5, 5.41) is 0. The van der Waals surface area contributed by atoms with Crippen molar-refractivity contribution in [2.45, 2.75) is 47.5 Å². The van der Waals surface area contributed by atoms with E-state index in [0.717, 1.165) is 11.8 Å². The lowest BCUT2D eigenvalue weighted by Gasteiger charge is -2.20. The van der Waals surface area contributed by atoms with Crippen molar-refractivity contribution in [1.29, 1.82) is 0 Å². The Morgan fingerprint density at radius 3 is 2.13 bits per heavy atom. The highest BCUT2D eigenvalue weighted by Gasteiger charge is 2.12. The molecular formula is C15H26. The Labute approximate surface area is 95.7 Å². The average molecular weight is 206 g/mol. The van der Waals surface area contributed by atoms with Crippen LogP contribution in [0.25, 0.3) is 0 Å². The average Bonchev–Trinajstić information content (AvgIpc) is 2.18. The molecule has 86 valence electrons. The maximum atomic E-state index is 2.34. The fraction of sp³-hybridized carbons (Fsp3) is 0.600. The predicted octanol–water partition coefficient (Wildman–Crippen LogP) is 4.94. The van der Waals surface area contributed by atoms with Crippen LogP contribution in [-0.4, -0.2) is 0 Å². The van der Waals surface area contributed by atoms with Gasteiger partial charge in [0.25, 0.3) is 0 Å². The van der Waals surface area contributed by atoms with Crippen LogP contribution in [0.2, 0.25) is 0 Å². The quantitative estimate of drug-likeness (QED) is 0.640. The molecule has 0 aliphatic heterocycles. The lowest BCUT2D eigenvalue weighted by molar-refractivity contribution is 0.354. The van der Waals surface area contributed by atoms with Gasteiger partial charge in [0.1, 0.15) is 0 Å². The molecule has 0 amide bonds. The molecule has 1 aromatic rings. The van der Waals surface area contributed by atoms with Crippen LogP contribution in [0.1, 0.15) is 46.6 Å². The highest BCUT2D eigenvalue weighted by molar-refractivity contribution is 5.15. The number of rotatable bonds is 5. The van der Waals surface area contributed by atoms with Gasteiger partial charge < -0.3 is 0 Å². The Balaban J connectivity index is 0.00000196. The normalized spacial score (nSPS) is 12.3. The molecule has 0 saturated carbocycles. The van der Waals surface area contributed by atoms with Crippen LogP contribution in [0.3, 0.4) is 0 Å². The molecule has 0 aromatic heterocycles.